The number of anilines is 3. The maximum atomic E-state index is 12.8. The molecule has 2 nitrogen and oxygen atoms in total. The number of rotatable bonds is 2. The predicted molar refractivity (Wildman–Crippen MR) is 78.0 cm³/mol. The van der Waals surface area contributed by atoms with Crippen LogP contribution in [0, 0.1) is 6.92 Å². The molecule has 2 rings (SSSR count). The van der Waals surface area contributed by atoms with Gasteiger partial charge in [0.05, 0.1) is 5.56 Å². The fourth-order valence-electron chi connectivity index (χ4n) is 1.76. The van der Waals surface area contributed by atoms with Crippen molar-refractivity contribution in [2.45, 2.75) is 13.1 Å². The Morgan fingerprint density at radius 2 is 1.85 bits per heavy atom. The van der Waals surface area contributed by atoms with Gasteiger partial charge in [0.2, 0.25) is 0 Å². The Bertz CT molecular complexity index is 639. The molecule has 6 heteroatoms. The van der Waals surface area contributed by atoms with Crippen LogP contribution in [0.4, 0.5) is 30.2 Å². The van der Waals surface area contributed by atoms with Crippen LogP contribution in [0.25, 0.3) is 0 Å². The van der Waals surface area contributed by atoms with Crippen molar-refractivity contribution in [1.29, 1.82) is 0 Å². The Kier molecular flexibility index (Phi) is 3.94. The summed E-state index contributed by atoms with van der Waals surface area (Å²) in [5, 5.41) is 2.95. The summed E-state index contributed by atoms with van der Waals surface area (Å²) in [5.41, 5.74) is 7.47. The van der Waals surface area contributed by atoms with Gasteiger partial charge in [0, 0.05) is 21.5 Å². The van der Waals surface area contributed by atoms with Crippen LogP contribution in [0.15, 0.2) is 40.9 Å². The SMILES string of the molecule is Cc1c(N)cccc1Nc1ccc(Br)c(C(F)(F)F)c1. The van der Waals surface area contributed by atoms with Gasteiger partial charge in [-0.15, -0.1) is 0 Å². The highest BCUT2D eigenvalue weighted by Crippen LogP contribution is 2.37. The standard InChI is InChI=1S/C14H12BrF3N2/c1-8-12(19)3-2-4-13(8)20-9-5-6-11(15)10(7-9)14(16,17)18/h2-7,20H,19H2,1H3. The number of nitrogens with one attached hydrogen (secondary N) is 1. The first-order valence-corrected chi connectivity index (χ1v) is 6.57. The normalized spacial score (nSPS) is 11.4. The fourth-order valence-corrected chi connectivity index (χ4v) is 2.24. The van der Waals surface area contributed by atoms with Crippen LogP contribution < -0.4 is 11.1 Å². The van der Waals surface area contributed by atoms with Gasteiger partial charge in [-0.25, -0.2) is 0 Å². The first-order valence-electron chi connectivity index (χ1n) is 5.78. The molecule has 2 aromatic carbocycles. The molecule has 0 saturated carbocycles. The second-order valence-corrected chi connectivity index (χ2v) is 5.19. The van der Waals surface area contributed by atoms with Crippen molar-refractivity contribution in [2.75, 3.05) is 11.1 Å². The van der Waals surface area contributed by atoms with Gasteiger partial charge in [-0.1, -0.05) is 22.0 Å². The van der Waals surface area contributed by atoms with Gasteiger partial charge < -0.3 is 11.1 Å². The molecule has 106 valence electrons. The van der Waals surface area contributed by atoms with E-state index in [0.717, 1.165) is 11.6 Å². The molecule has 0 radical (unpaired) electrons. The van der Waals surface area contributed by atoms with Crippen molar-refractivity contribution >= 4 is 33.0 Å². The summed E-state index contributed by atoms with van der Waals surface area (Å²) in [6.07, 6.45) is -4.40. The van der Waals surface area contributed by atoms with Gasteiger partial charge in [0.1, 0.15) is 0 Å². The second kappa shape index (κ2) is 5.36. The minimum absolute atomic E-state index is 0.0137. The average molecular weight is 345 g/mol. The molecule has 0 amide bonds. The summed E-state index contributed by atoms with van der Waals surface area (Å²) in [6, 6.07) is 9.25. The quantitative estimate of drug-likeness (QED) is 0.743. The van der Waals surface area contributed by atoms with Crippen LogP contribution in [-0.4, -0.2) is 0 Å². The van der Waals surface area contributed by atoms with Crippen molar-refractivity contribution in [3.8, 4) is 0 Å². The van der Waals surface area contributed by atoms with E-state index in [1.165, 1.54) is 6.07 Å². The molecule has 0 heterocycles. The molecule has 3 N–H and O–H groups in total. The third-order valence-corrected chi connectivity index (χ3v) is 3.62. The highest BCUT2D eigenvalue weighted by molar-refractivity contribution is 9.10. The molecule has 0 aliphatic carbocycles. The third kappa shape index (κ3) is 3.07. The minimum atomic E-state index is -4.40. The van der Waals surface area contributed by atoms with Gasteiger partial charge in [-0.2, -0.15) is 13.2 Å². The van der Waals surface area contributed by atoms with E-state index >= 15 is 0 Å². The van der Waals surface area contributed by atoms with Crippen molar-refractivity contribution in [3.05, 3.63) is 52.0 Å². The van der Waals surface area contributed by atoms with E-state index < -0.39 is 11.7 Å². The largest absolute Gasteiger partial charge is 0.417 e. The number of alkyl halides is 3. The molecular formula is C14H12BrF3N2. The van der Waals surface area contributed by atoms with E-state index in [-0.39, 0.29) is 4.47 Å². The Hall–Kier alpha value is -1.69. The summed E-state index contributed by atoms with van der Waals surface area (Å²) >= 11 is 2.91. The molecule has 0 atom stereocenters. The van der Waals surface area contributed by atoms with Crippen molar-refractivity contribution < 1.29 is 13.2 Å². The first-order chi connectivity index (χ1) is 9.29. The van der Waals surface area contributed by atoms with E-state index in [2.05, 4.69) is 21.2 Å². The van der Waals surface area contributed by atoms with E-state index in [9.17, 15) is 13.2 Å². The Morgan fingerprint density at radius 1 is 1.15 bits per heavy atom. The molecule has 0 bridgehead atoms. The molecule has 0 aromatic heterocycles. The fraction of sp³-hybridized carbons (Fsp3) is 0.143. The molecule has 20 heavy (non-hydrogen) atoms. The molecule has 2 aromatic rings. The third-order valence-electron chi connectivity index (χ3n) is 2.93. The van der Waals surface area contributed by atoms with E-state index in [1.807, 2.05) is 0 Å². The molecule has 0 spiro atoms. The van der Waals surface area contributed by atoms with Crippen molar-refractivity contribution in [1.82, 2.24) is 0 Å². The zero-order valence-electron chi connectivity index (χ0n) is 10.6. The van der Waals surface area contributed by atoms with Crippen LogP contribution >= 0.6 is 15.9 Å². The lowest BCUT2D eigenvalue weighted by atomic mass is 10.1. The van der Waals surface area contributed by atoms with Gasteiger partial charge in [0.15, 0.2) is 0 Å². The average Bonchev–Trinajstić information content (AvgIpc) is 2.36. The lowest BCUT2D eigenvalue weighted by Crippen LogP contribution is -2.07. The van der Waals surface area contributed by atoms with Crippen molar-refractivity contribution in [3.63, 3.8) is 0 Å². The Labute approximate surface area is 122 Å². The molecule has 0 aliphatic rings. The maximum Gasteiger partial charge on any atom is 0.417 e. The highest BCUT2D eigenvalue weighted by Gasteiger charge is 2.33. The lowest BCUT2D eigenvalue weighted by molar-refractivity contribution is -0.138. The highest BCUT2D eigenvalue weighted by atomic mass is 79.9. The van der Waals surface area contributed by atoms with E-state index in [4.69, 9.17) is 5.73 Å². The van der Waals surface area contributed by atoms with Crippen LogP contribution in [0.1, 0.15) is 11.1 Å². The monoisotopic (exact) mass is 344 g/mol. The van der Waals surface area contributed by atoms with Crippen LogP contribution in [0.3, 0.4) is 0 Å². The maximum absolute atomic E-state index is 12.8. The van der Waals surface area contributed by atoms with E-state index in [0.29, 0.717) is 17.1 Å². The lowest BCUT2D eigenvalue weighted by Gasteiger charge is -2.14. The van der Waals surface area contributed by atoms with Gasteiger partial charge in [0.25, 0.3) is 0 Å². The number of halogens is 4. The molecular weight excluding hydrogens is 333 g/mol. The summed E-state index contributed by atoms with van der Waals surface area (Å²) < 4.78 is 38.5. The second-order valence-electron chi connectivity index (χ2n) is 4.34. The molecule has 0 fully saturated rings. The minimum Gasteiger partial charge on any atom is -0.398 e. The molecule has 0 unspecified atom stereocenters. The number of nitrogen functional groups attached to an aromatic ring is 1. The van der Waals surface area contributed by atoms with Gasteiger partial charge >= 0.3 is 6.18 Å². The Balaban J connectivity index is 2.38. The zero-order chi connectivity index (χ0) is 14.9. The van der Waals surface area contributed by atoms with Crippen LogP contribution in [0.5, 0.6) is 0 Å². The van der Waals surface area contributed by atoms with Crippen LogP contribution in [-0.2, 0) is 6.18 Å². The van der Waals surface area contributed by atoms with Gasteiger partial charge in [-0.3, -0.25) is 0 Å². The smallest absolute Gasteiger partial charge is 0.398 e. The number of nitrogens with two attached hydrogens (primary N) is 1. The molecule has 0 saturated heterocycles. The summed E-state index contributed by atoms with van der Waals surface area (Å²) in [5.74, 6) is 0. The first kappa shape index (κ1) is 14.7. The summed E-state index contributed by atoms with van der Waals surface area (Å²) in [7, 11) is 0. The summed E-state index contributed by atoms with van der Waals surface area (Å²) in [4.78, 5) is 0. The number of hydrogen-bond donors (Lipinski definition) is 2. The predicted octanol–water partition coefficient (Wildman–Crippen LogP) is 5.10. The zero-order valence-corrected chi connectivity index (χ0v) is 12.1. The number of benzene rings is 2. The Morgan fingerprint density at radius 3 is 2.50 bits per heavy atom. The topological polar surface area (TPSA) is 38.0 Å². The van der Waals surface area contributed by atoms with Gasteiger partial charge in [-0.05, 0) is 42.8 Å². The van der Waals surface area contributed by atoms with Crippen LogP contribution in [0.2, 0.25) is 0 Å². The number of hydrogen-bond acceptors (Lipinski definition) is 2. The molecule has 0 aliphatic heterocycles. The van der Waals surface area contributed by atoms with E-state index in [1.54, 1.807) is 31.2 Å². The summed E-state index contributed by atoms with van der Waals surface area (Å²) in [6.45, 7) is 1.81. The van der Waals surface area contributed by atoms with Crippen molar-refractivity contribution in [2.24, 2.45) is 0 Å².